The largest absolute Gasteiger partial charge is 0.498 e. The van der Waals surface area contributed by atoms with Crippen molar-refractivity contribution in [2.24, 2.45) is 0 Å². The number of halogens is 1. The van der Waals surface area contributed by atoms with Crippen molar-refractivity contribution in [1.82, 2.24) is 9.97 Å². The molecule has 0 saturated carbocycles. The van der Waals surface area contributed by atoms with Gasteiger partial charge in [0.2, 0.25) is 0 Å². The molecule has 0 N–H and O–H groups in total. The van der Waals surface area contributed by atoms with E-state index < -0.39 is 8.07 Å². The smallest absolute Gasteiger partial charge is 0.165 e. The molecule has 3 nitrogen and oxygen atoms in total. The van der Waals surface area contributed by atoms with Crippen molar-refractivity contribution in [2.75, 3.05) is 0 Å². The summed E-state index contributed by atoms with van der Waals surface area (Å²) in [6, 6.07) is 44.5. The van der Waals surface area contributed by atoms with Crippen molar-refractivity contribution in [2.45, 2.75) is 40.4 Å². The van der Waals surface area contributed by atoms with E-state index in [-0.39, 0.29) is 31.5 Å². The average molecular weight is 875 g/mol. The molecule has 6 heteroatoms. The summed E-state index contributed by atoms with van der Waals surface area (Å²) in [5.74, 6) is -0.364. The van der Waals surface area contributed by atoms with Gasteiger partial charge in [0, 0.05) is 37.9 Å². The van der Waals surface area contributed by atoms with Gasteiger partial charge in [-0.25, -0.2) is 4.39 Å². The topological polar surface area (TPSA) is 38.9 Å². The van der Waals surface area contributed by atoms with Crippen LogP contribution in [-0.4, -0.2) is 18.0 Å². The molecule has 0 atom stereocenters. The molecule has 8 aromatic rings. The Balaban J connectivity index is 0.000000182. The van der Waals surface area contributed by atoms with E-state index in [9.17, 15) is 4.39 Å². The van der Waals surface area contributed by atoms with Crippen molar-refractivity contribution < 1.29 is 28.9 Å². The predicted octanol–water partition coefficient (Wildman–Crippen LogP) is 11.9. The molecule has 0 amide bonds. The van der Waals surface area contributed by atoms with E-state index in [1.54, 1.807) is 12.3 Å². The van der Waals surface area contributed by atoms with Crippen molar-refractivity contribution in [3.8, 4) is 44.8 Å². The number of benzene rings is 5. The van der Waals surface area contributed by atoms with Crippen LogP contribution in [0.5, 0.6) is 0 Å². The Kier molecular flexibility index (Phi) is 10.8. The Hall–Kier alpha value is -5.00. The molecular formula is C46H39FIrN2OSi-2. The molecular weight excluding hydrogens is 836 g/mol. The predicted molar refractivity (Wildman–Crippen MR) is 212 cm³/mol. The van der Waals surface area contributed by atoms with Crippen LogP contribution < -0.4 is 5.19 Å². The molecule has 0 bridgehead atoms. The SMILES string of the molecule is C[Si](C)(C)c1cnc(-c2[c-]cccc2)cc1-c1ccccc1.Cc1cc(C)c(-c2ccnc(-c3[c-]ccc4c3oc3c(F)cccc34)c2)c(C)c1.[Ir]. The van der Waals surface area contributed by atoms with Gasteiger partial charge in [-0.05, 0) is 82.9 Å². The van der Waals surface area contributed by atoms with Gasteiger partial charge in [-0.15, -0.1) is 54.1 Å². The zero-order valence-electron chi connectivity index (χ0n) is 30.1. The third-order valence-corrected chi connectivity index (χ3v) is 11.2. The van der Waals surface area contributed by atoms with Gasteiger partial charge < -0.3 is 14.4 Å². The number of pyridine rings is 2. The van der Waals surface area contributed by atoms with E-state index in [0.717, 1.165) is 38.9 Å². The van der Waals surface area contributed by atoms with Gasteiger partial charge in [0.25, 0.3) is 0 Å². The van der Waals surface area contributed by atoms with Gasteiger partial charge in [-0.2, -0.15) is 0 Å². The molecule has 261 valence electrons. The molecule has 0 aliphatic carbocycles. The van der Waals surface area contributed by atoms with Gasteiger partial charge in [0.05, 0.1) is 13.7 Å². The Labute approximate surface area is 320 Å². The standard InChI is InChI=1S/C26H19FNO.C20H20NSi.Ir/c1-15-12-16(2)24(17(3)13-15)18-10-11-28-23(14-18)21-8-4-6-19-20-7-5-9-22(27)26(20)29-25(19)21;1-22(2,3)20-15-21-19(17-12-8-5-9-13-17)14-18(20)16-10-6-4-7-11-16;/h4-7,9-14H,1-3H3;4-12,14-15H,1-3H3;/q2*-1;. The summed E-state index contributed by atoms with van der Waals surface area (Å²) in [6.07, 6.45) is 3.88. The van der Waals surface area contributed by atoms with E-state index in [4.69, 9.17) is 9.40 Å². The molecule has 5 aromatic carbocycles. The van der Waals surface area contributed by atoms with Crippen LogP contribution in [0.25, 0.3) is 66.7 Å². The molecule has 8 rings (SSSR count). The first-order valence-corrected chi connectivity index (χ1v) is 20.7. The number of nitrogens with zero attached hydrogens (tertiary/aromatic N) is 2. The zero-order chi connectivity index (χ0) is 35.7. The van der Waals surface area contributed by atoms with E-state index in [1.165, 1.54) is 44.6 Å². The van der Waals surface area contributed by atoms with Crippen LogP contribution >= 0.6 is 0 Å². The minimum Gasteiger partial charge on any atom is -0.498 e. The van der Waals surface area contributed by atoms with Crippen molar-refractivity contribution in [1.29, 1.82) is 0 Å². The number of aryl methyl sites for hydroxylation is 3. The average Bonchev–Trinajstić information content (AvgIpc) is 3.52. The second-order valence-corrected chi connectivity index (χ2v) is 19.1. The fourth-order valence-corrected chi connectivity index (χ4v) is 8.36. The van der Waals surface area contributed by atoms with E-state index in [0.29, 0.717) is 5.58 Å². The number of hydrogen-bond acceptors (Lipinski definition) is 3. The number of hydrogen-bond donors (Lipinski definition) is 0. The molecule has 3 aromatic heterocycles. The molecule has 52 heavy (non-hydrogen) atoms. The van der Waals surface area contributed by atoms with Crippen LogP contribution in [0.3, 0.4) is 0 Å². The Morgan fingerprint density at radius 1 is 0.654 bits per heavy atom. The van der Waals surface area contributed by atoms with E-state index in [2.05, 4.69) is 124 Å². The summed E-state index contributed by atoms with van der Waals surface area (Å²) in [6.45, 7) is 13.5. The third-order valence-electron chi connectivity index (χ3n) is 9.17. The summed E-state index contributed by atoms with van der Waals surface area (Å²) in [5, 5.41) is 3.03. The van der Waals surface area contributed by atoms with Crippen molar-refractivity contribution in [3.05, 3.63) is 162 Å². The fraction of sp³-hybridized carbons (Fsp3) is 0.130. The first kappa shape index (κ1) is 36.8. The normalized spacial score (nSPS) is 11.2. The van der Waals surface area contributed by atoms with Crippen molar-refractivity contribution >= 4 is 35.2 Å². The van der Waals surface area contributed by atoms with Gasteiger partial charge in [-0.1, -0.05) is 103 Å². The fourth-order valence-electron chi connectivity index (χ4n) is 6.89. The number of fused-ring (bicyclic) bond motifs is 3. The van der Waals surface area contributed by atoms with E-state index >= 15 is 0 Å². The minimum absolute atomic E-state index is 0. The number of aromatic nitrogens is 2. The summed E-state index contributed by atoms with van der Waals surface area (Å²) in [5.41, 5.74) is 13.0. The van der Waals surface area contributed by atoms with Gasteiger partial charge >= 0.3 is 0 Å². The Morgan fingerprint density at radius 3 is 2.10 bits per heavy atom. The van der Waals surface area contributed by atoms with Gasteiger partial charge in [0.15, 0.2) is 11.4 Å². The van der Waals surface area contributed by atoms with Gasteiger partial charge in [0.1, 0.15) is 0 Å². The number of furan rings is 1. The molecule has 0 spiro atoms. The molecule has 3 heterocycles. The molecule has 0 aliphatic rings. The first-order chi connectivity index (χ1) is 24.6. The number of para-hydroxylation sites is 1. The van der Waals surface area contributed by atoms with Crippen LogP contribution in [-0.2, 0) is 20.1 Å². The summed E-state index contributed by atoms with van der Waals surface area (Å²) >= 11 is 0. The Morgan fingerprint density at radius 2 is 1.38 bits per heavy atom. The van der Waals surface area contributed by atoms with Crippen LogP contribution in [0.4, 0.5) is 4.39 Å². The van der Waals surface area contributed by atoms with Crippen LogP contribution in [0, 0.1) is 38.7 Å². The number of rotatable bonds is 5. The van der Waals surface area contributed by atoms with E-state index in [1.807, 2.05) is 42.5 Å². The minimum atomic E-state index is -1.46. The third kappa shape index (κ3) is 7.47. The molecule has 0 unspecified atom stereocenters. The monoisotopic (exact) mass is 875 g/mol. The summed E-state index contributed by atoms with van der Waals surface area (Å²) < 4.78 is 20.2. The second kappa shape index (κ2) is 15.3. The molecule has 0 aliphatic heterocycles. The zero-order valence-corrected chi connectivity index (χ0v) is 33.5. The maximum atomic E-state index is 14.2. The second-order valence-electron chi connectivity index (χ2n) is 14.0. The van der Waals surface area contributed by atoms with Crippen LogP contribution in [0.1, 0.15) is 16.7 Å². The maximum Gasteiger partial charge on any atom is 0.165 e. The first-order valence-electron chi connectivity index (χ1n) is 17.2. The molecule has 1 radical (unpaired) electrons. The summed E-state index contributed by atoms with van der Waals surface area (Å²) in [4.78, 5) is 9.27. The quantitative estimate of drug-likeness (QED) is 0.128. The van der Waals surface area contributed by atoms with Crippen LogP contribution in [0.2, 0.25) is 19.6 Å². The Bertz CT molecular complexity index is 2480. The van der Waals surface area contributed by atoms with Crippen molar-refractivity contribution in [3.63, 3.8) is 0 Å². The van der Waals surface area contributed by atoms with Gasteiger partial charge in [-0.3, -0.25) is 0 Å². The maximum absolute atomic E-state index is 14.2. The van der Waals surface area contributed by atoms with Crippen LogP contribution in [0.15, 0.2) is 132 Å². The molecule has 0 saturated heterocycles. The molecule has 0 fully saturated rings. The summed E-state index contributed by atoms with van der Waals surface area (Å²) in [7, 11) is -1.46.